The number of ether oxygens (including phenoxy) is 1. The topological polar surface area (TPSA) is 46.5 Å². The minimum absolute atomic E-state index is 0.0280. The van der Waals surface area contributed by atoms with Crippen molar-refractivity contribution in [2.45, 2.75) is 124 Å². The Morgan fingerprint density at radius 3 is 1.48 bits per heavy atom. The Morgan fingerprint density at radius 2 is 1.13 bits per heavy atom. The molecule has 0 heterocycles. The van der Waals surface area contributed by atoms with Crippen molar-refractivity contribution < 1.29 is 14.6 Å². The van der Waals surface area contributed by atoms with Crippen LogP contribution in [0.5, 0.6) is 0 Å². The molecule has 0 rings (SSSR count). The maximum absolute atomic E-state index is 11.3. The molecule has 0 spiro atoms. The van der Waals surface area contributed by atoms with E-state index in [1.54, 1.807) is 13.8 Å². The molecule has 0 aromatic rings. The van der Waals surface area contributed by atoms with Crippen molar-refractivity contribution in [1.29, 1.82) is 0 Å². The van der Waals surface area contributed by atoms with Crippen LogP contribution in [0.25, 0.3) is 0 Å². The molecule has 0 fully saturated rings. The van der Waals surface area contributed by atoms with E-state index in [4.69, 9.17) is 9.84 Å². The fraction of sp³-hybridized carbons (Fsp3) is 0.950. The number of hydrogen-bond donors (Lipinski definition) is 1. The van der Waals surface area contributed by atoms with Crippen LogP contribution in [0.4, 0.5) is 0 Å². The minimum atomic E-state index is -0.167. The van der Waals surface area contributed by atoms with Crippen LogP contribution in [-0.2, 0) is 9.53 Å². The lowest BCUT2D eigenvalue weighted by Gasteiger charge is -2.07. The summed E-state index contributed by atoms with van der Waals surface area (Å²) in [5.41, 5.74) is 0. The van der Waals surface area contributed by atoms with Gasteiger partial charge in [0.25, 0.3) is 0 Å². The van der Waals surface area contributed by atoms with Gasteiger partial charge in [-0.25, -0.2) is 0 Å². The Kier molecular flexibility index (Phi) is 20.9. The number of unbranched alkanes of at least 4 members (excludes halogenated alkanes) is 10. The first-order chi connectivity index (χ1) is 10.9. The first kappa shape index (κ1) is 24.7. The second-order valence-electron chi connectivity index (χ2n) is 6.92. The third kappa shape index (κ3) is 30.0. The molecule has 0 aliphatic carbocycles. The third-order valence-electron chi connectivity index (χ3n) is 3.35. The van der Waals surface area contributed by atoms with Gasteiger partial charge in [0.2, 0.25) is 0 Å². The quantitative estimate of drug-likeness (QED) is 0.331. The summed E-state index contributed by atoms with van der Waals surface area (Å²) in [6.45, 7) is 9.51. The number of carbonyl (C=O) groups is 1. The van der Waals surface area contributed by atoms with Crippen molar-refractivity contribution in [3.8, 4) is 0 Å². The van der Waals surface area contributed by atoms with Gasteiger partial charge < -0.3 is 9.84 Å². The number of aliphatic hydroxyl groups excluding tert-OH is 1. The van der Waals surface area contributed by atoms with Gasteiger partial charge in [0, 0.05) is 12.5 Å². The molecule has 3 heteroatoms. The van der Waals surface area contributed by atoms with Crippen molar-refractivity contribution in [3.05, 3.63) is 0 Å². The van der Waals surface area contributed by atoms with Gasteiger partial charge in [-0.05, 0) is 34.1 Å². The molecule has 0 amide bonds. The molecule has 0 saturated carbocycles. The number of esters is 1. The maximum atomic E-state index is 11.3. The molecule has 0 unspecified atom stereocenters. The highest BCUT2D eigenvalue weighted by molar-refractivity contribution is 5.69. The third-order valence-corrected chi connectivity index (χ3v) is 3.35. The first-order valence-corrected chi connectivity index (χ1v) is 9.77. The molecule has 0 aromatic heterocycles. The van der Waals surface area contributed by atoms with Crippen LogP contribution in [-0.4, -0.2) is 23.3 Å². The Balaban J connectivity index is 0. The van der Waals surface area contributed by atoms with Crippen molar-refractivity contribution in [3.63, 3.8) is 0 Å². The summed E-state index contributed by atoms with van der Waals surface area (Å²) in [5.74, 6) is -0.0362. The Bertz CT molecular complexity index is 234. The molecule has 140 valence electrons. The zero-order chi connectivity index (χ0) is 17.9. The maximum Gasteiger partial charge on any atom is 0.306 e. The minimum Gasteiger partial charge on any atom is -0.463 e. The molecule has 23 heavy (non-hydrogen) atoms. The lowest BCUT2D eigenvalue weighted by molar-refractivity contribution is -0.147. The summed E-state index contributed by atoms with van der Waals surface area (Å²) in [6.07, 6.45) is 14.9. The van der Waals surface area contributed by atoms with Crippen molar-refractivity contribution >= 4 is 5.97 Å². The van der Waals surface area contributed by atoms with E-state index in [0.29, 0.717) is 6.42 Å². The van der Waals surface area contributed by atoms with Crippen LogP contribution in [0.1, 0.15) is 112 Å². The summed E-state index contributed by atoms with van der Waals surface area (Å²) in [4.78, 5) is 11.3. The van der Waals surface area contributed by atoms with Gasteiger partial charge in [-0.1, -0.05) is 71.1 Å². The van der Waals surface area contributed by atoms with Crippen LogP contribution < -0.4 is 0 Å². The monoisotopic (exact) mass is 330 g/mol. The molecule has 3 nitrogen and oxygen atoms in total. The van der Waals surface area contributed by atoms with Crippen LogP contribution in [0, 0.1) is 0 Å². The van der Waals surface area contributed by atoms with Crippen molar-refractivity contribution in [2.75, 3.05) is 0 Å². The normalized spacial score (nSPS) is 10.6. The van der Waals surface area contributed by atoms with Gasteiger partial charge in [0.1, 0.15) is 0 Å². The SMILES string of the molecule is CC(C)O.CCCCCCCCCCCCCC(=O)OC(C)C. The highest BCUT2D eigenvalue weighted by atomic mass is 16.5. The van der Waals surface area contributed by atoms with Gasteiger partial charge in [-0.3, -0.25) is 4.79 Å². The van der Waals surface area contributed by atoms with Crippen LogP contribution >= 0.6 is 0 Å². The molecule has 0 bridgehead atoms. The van der Waals surface area contributed by atoms with E-state index in [1.807, 2.05) is 13.8 Å². The largest absolute Gasteiger partial charge is 0.463 e. The molecule has 0 saturated heterocycles. The van der Waals surface area contributed by atoms with E-state index in [-0.39, 0.29) is 18.2 Å². The fourth-order valence-corrected chi connectivity index (χ4v) is 2.26. The van der Waals surface area contributed by atoms with Crippen LogP contribution in [0.2, 0.25) is 0 Å². The van der Waals surface area contributed by atoms with Gasteiger partial charge in [-0.15, -0.1) is 0 Å². The number of hydrogen-bond acceptors (Lipinski definition) is 3. The van der Waals surface area contributed by atoms with Crippen molar-refractivity contribution in [2.24, 2.45) is 0 Å². The molecule has 0 atom stereocenters. The number of aliphatic hydroxyl groups is 1. The summed E-state index contributed by atoms with van der Waals surface area (Å²) in [5, 5.41) is 8.06. The molecule has 0 aliphatic heterocycles. The Hall–Kier alpha value is -0.570. The van der Waals surface area contributed by atoms with Crippen LogP contribution in [0.15, 0.2) is 0 Å². The summed E-state index contributed by atoms with van der Waals surface area (Å²) >= 11 is 0. The van der Waals surface area contributed by atoms with E-state index in [0.717, 1.165) is 6.42 Å². The highest BCUT2D eigenvalue weighted by Crippen LogP contribution is 2.12. The van der Waals surface area contributed by atoms with E-state index in [1.165, 1.54) is 64.2 Å². The molecular weight excluding hydrogens is 288 g/mol. The molecular formula is C20H42O3. The Labute approximate surface area is 145 Å². The van der Waals surface area contributed by atoms with E-state index < -0.39 is 0 Å². The second-order valence-corrected chi connectivity index (χ2v) is 6.92. The predicted molar refractivity (Wildman–Crippen MR) is 99.7 cm³/mol. The average molecular weight is 331 g/mol. The molecule has 0 radical (unpaired) electrons. The fourth-order valence-electron chi connectivity index (χ4n) is 2.26. The Morgan fingerprint density at radius 1 is 0.783 bits per heavy atom. The molecule has 0 aromatic carbocycles. The molecule has 0 aliphatic rings. The van der Waals surface area contributed by atoms with Gasteiger partial charge >= 0.3 is 5.97 Å². The predicted octanol–water partition coefficient (Wildman–Crippen LogP) is 6.03. The van der Waals surface area contributed by atoms with Gasteiger partial charge in [0.05, 0.1) is 6.10 Å². The standard InChI is InChI=1S/C17H34O2.C3H8O/c1-4-5-6-7-8-9-10-11-12-13-14-15-17(18)19-16(2)3;1-3(2)4/h16H,4-15H2,1-3H3;3-4H,1-2H3. The van der Waals surface area contributed by atoms with E-state index >= 15 is 0 Å². The lowest BCUT2D eigenvalue weighted by atomic mass is 10.1. The van der Waals surface area contributed by atoms with Crippen LogP contribution in [0.3, 0.4) is 0 Å². The highest BCUT2D eigenvalue weighted by Gasteiger charge is 2.04. The molecule has 1 N–H and O–H groups in total. The van der Waals surface area contributed by atoms with E-state index in [2.05, 4.69) is 6.92 Å². The lowest BCUT2D eigenvalue weighted by Crippen LogP contribution is -2.10. The first-order valence-electron chi connectivity index (χ1n) is 9.77. The smallest absolute Gasteiger partial charge is 0.306 e. The van der Waals surface area contributed by atoms with Gasteiger partial charge in [0.15, 0.2) is 0 Å². The zero-order valence-electron chi connectivity index (χ0n) is 16.4. The van der Waals surface area contributed by atoms with Gasteiger partial charge in [-0.2, -0.15) is 0 Å². The zero-order valence-corrected chi connectivity index (χ0v) is 16.4. The number of carbonyl (C=O) groups excluding carboxylic acids is 1. The second kappa shape index (κ2) is 19.5. The van der Waals surface area contributed by atoms with E-state index in [9.17, 15) is 4.79 Å². The summed E-state index contributed by atoms with van der Waals surface area (Å²) < 4.78 is 5.10. The van der Waals surface area contributed by atoms with Crippen molar-refractivity contribution in [1.82, 2.24) is 0 Å². The summed E-state index contributed by atoms with van der Waals surface area (Å²) in [7, 11) is 0. The summed E-state index contributed by atoms with van der Waals surface area (Å²) in [6, 6.07) is 0. The number of rotatable bonds is 13. The average Bonchev–Trinajstić information content (AvgIpc) is 2.43.